The van der Waals surface area contributed by atoms with Gasteiger partial charge in [-0.2, -0.15) is 0 Å². The number of pyridine rings is 1. The Morgan fingerprint density at radius 2 is 2.12 bits per heavy atom. The smallest absolute Gasteiger partial charge is 0.224 e. The minimum absolute atomic E-state index is 0.173. The molecule has 0 spiro atoms. The number of aromatic nitrogens is 2. The van der Waals surface area contributed by atoms with Gasteiger partial charge >= 0.3 is 0 Å². The molecule has 1 saturated carbocycles. The fourth-order valence-electron chi connectivity index (χ4n) is 4.11. The molecule has 0 unspecified atom stereocenters. The van der Waals surface area contributed by atoms with Crippen molar-refractivity contribution in [1.29, 1.82) is 0 Å². The molecule has 2 aromatic heterocycles. The van der Waals surface area contributed by atoms with Crippen LogP contribution in [0.1, 0.15) is 25.2 Å². The van der Waals surface area contributed by atoms with Crippen molar-refractivity contribution in [1.82, 2.24) is 20.0 Å². The maximum absolute atomic E-state index is 12.7. The molecular weight excluding hydrogens is 320 g/mol. The van der Waals surface area contributed by atoms with Crippen molar-refractivity contribution < 1.29 is 4.79 Å². The quantitative estimate of drug-likeness (QED) is 0.835. The molecule has 3 atom stereocenters. The first kappa shape index (κ1) is 16.0. The molecule has 1 aliphatic heterocycles. The highest BCUT2D eigenvalue weighted by atomic mass is 32.2. The average molecular weight is 344 g/mol. The van der Waals surface area contributed by atoms with Gasteiger partial charge in [0.15, 0.2) is 0 Å². The van der Waals surface area contributed by atoms with Crippen LogP contribution in [0.5, 0.6) is 0 Å². The topological polar surface area (TPSA) is 58.4 Å². The van der Waals surface area contributed by atoms with E-state index in [1.165, 1.54) is 5.56 Å². The molecule has 2 fully saturated rings. The number of thioether (sulfide) groups is 1. The van der Waals surface area contributed by atoms with Crippen LogP contribution < -0.4 is 10.6 Å². The fraction of sp³-hybridized carbons (Fsp3) is 0.556. The second-order valence-corrected chi connectivity index (χ2v) is 8.28. The first-order valence-electron chi connectivity index (χ1n) is 8.49. The second kappa shape index (κ2) is 5.49. The Morgan fingerprint density at radius 1 is 1.42 bits per heavy atom. The molecule has 5 nitrogen and oxygen atoms in total. The standard InChI is InChI=1S/C18H24N4OS/c1-10-6-5-7-22-14(10)16(24-4)20-17(22)18(2,3)21-15(23)13-11-8-19-9-12(11)13/h5-7,11-13,19H,8-9H2,1-4H3,(H,21,23)/t11-,12+,13-. The maximum Gasteiger partial charge on any atom is 0.224 e. The third kappa shape index (κ3) is 2.35. The van der Waals surface area contributed by atoms with E-state index >= 15 is 0 Å². The SMILES string of the molecule is CSc1nc(C(C)(C)NC(=O)[C@@H]2[C@@H]3CNC[C@@H]32)n2cccc(C)c12. The van der Waals surface area contributed by atoms with Gasteiger partial charge in [0.05, 0.1) is 11.1 Å². The van der Waals surface area contributed by atoms with E-state index < -0.39 is 5.54 Å². The summed E-state index contributed by atoms with van der Waals surface area (Å²) in [4.78, 5) is 17.6. The molecule has 128 valence electrons. The summed E-state index contributed by atoms with van der Waals surface area (Å²) < 4.78 is 2.12. The van der Waals surface area contributed by atoms with E-state index in [1.54, 1.807) is 11.8 Å². The number of carbonyl (C=O) groups excluding carboxylic acids is 1. The van der Waals surface area contributed by atoms with Gasteiger partial charge in [-0.25, -0.2) is 4.98 Å². The third-order valence-electron chi connectivity index (χ3n) is 5.42. The number of nitrogens with zero attached hydrogens (tertiary/aromatic N) is 2. The molecule has 3 heterocycles. The Morgan fingerprint density at radius 3 is 2.79 bits per heavy atom. The van der Waals surface area contributed by atoms with Crippen molar-refractivity contribution in [2.45, 2.75) is 31.3 Å². The molecule has 0 bridgehead atoms. The summed E-state index contributed by atoms with van der Waals surface area (Å²) in [5.41, 5.74) is 1.83. The van der Waals surface area contributed by atoms with Gasteiger partial charge in [0, 0.05) is 12.1 Å². The van der Waals surface area contributed by atoms with Gasteiger partial charge in [0.1, 0.15) is 10.9 Å². The highest BCUT2D eigenvalue weighted by molar-refractivity contribution is 7.98. The second-order valence-electron chi connectivity index (χ2n) is 7.48. The monoisotopic (exact) mass is 344 g/mol. The van der Waals surface area contributed by atoms with Gasteiger partial charge in [-0.05, 0) is 63.6 Å². The molecular formula is C18H24N4OS. The lowest BCUT2D eigenvalue weighted by molar-refractivity contribution is -0.124. The third-order valence-corrected chi connectivity index (χ3v) is 6.09. The van der Waals surface area contributed by atoms with Crippen LogP contribution in [-0.4, -0.2) is 34.6 Å². The number of nitrogens with one attached hydrogen (secondary N) is 2. The van der Waals surface area contributed by atoms with Crippen LogP contribution >= 0.6 is 11.8 Å². The first-order chi connectivity index (χ1) is 11.4. The summed E-state index contributed by atoms with van der Waals surface area (Å²) in [6.45, 7) is 8.14. The maximum atomic E-state index is 12.7. The Balaban J connectivity index is 1.65. The molecule has 0 radical (unpaired) electrons. The van der Waals surface area contributed by atoms with Crippen molar-refractivity contribution in [3.05, 3.63) is 29.7 Å². The van der Waals surface area contributed by atoms with Gasteiger partial charge in [-0.15, -0.1) is 11.8 Å². The molecule has 1 aliphatic carbocycles. The van der Waals surface area contributed by atoms with Gasteiger partial charge in [-0.3, -0.25) is 4.79 Å². The summed E-state index contributed by atoms with van der Waals surface area (Å²) in [6, 6.07) is 4.14. The molecule has 2 aromatic rings. The number of carbonyl (C=O) groups is 1. The van der Waals surface area contributed by atoms with Gasteiger partial charge in [-0.1, -0.05) is 6.07 Å². The van der Waals surface area contributed by atoms with E-state index in [0.29, 0.717) is 11.8 Å². The Hall–Kier alpha value is -1.53. The fourth-order valence-corrected chi connectivity index (χ4v) is 4.74. The lowest BCUT2D eigenvalue weighted by Crippen LogP contribution is -2.44. The molecule has 0 aromatic carbocycles. The number of hydrogen-bond acceptors (Lipinski definition) is 4. The van der Waals surface area contributed by atoms with Crippen molar-refractivity contribution in [2.24, 2.45) is 17.8 Å². The molecule has 2 aliphatic rings. The molecule has 2 N–H and O–H groups in total. The lowest BCUT2D eigenvalue weighted by atomic mass is 10.0. The lowest BCUT2D eigenvalue weighted by Gasteiger charge is -2.25. The van der Waals surface area contributed by atoms with E-state index in [2.05, 4.69) is 28.0 Å². The number of hydrogen-bond donors (Lipinski definition) is 2. The Bertz CT molecular complexity index is 803. The Labute approximate surface area is 146 Å². The largest absolute Gasteiger partial charge is 0.344 e. The summed E-state index contributed by atoms with van der Waals surface area (Å²) in [5.74, 6) is 2.30. The summed E-state index contributed by atoms with van der Waals surface area (Å²) >= 11 is 1.65. The molecule has 1 saturated heterocycles. The minimum Gasteiger partial charge on any atom is -0.344 e. The number of imidazole rings is 1. The van der Waals surface area contributed by atoms with E-state index in [9.17, 15) is 4.79 Å². The van der Waals surface area contributed by atoms with Crippen molar-refractivity contribution in [2.75, 3.05) is 19.3 Å². The molecule has 24 heavy (non-hydrogen) atoms. The number of amides is 1. The zero-order valence-electron chi connectivity index (χ0n) is 14.6. The van der Waals surface area contributed by atoms with Crippen LogP contribution in [0.4, 0.5) is 0 Å². The van der Waals surface area contributed by atoms with Gasteiger partial charge < -0.3 is 15.0 Å². The zero-order valence-corrected chi connectivity index (χ0v) is 15.4. The zero-order chi connectivity index (χ0) is 17.1. The average Bonchev–Trinajstić information content (AvgIpc) is 2.88. The van der Waals surface area contributed by atoms with E-state index in [4.69, 9.17) is 4.98 Å². The van der Waals surface area contributed by atoms with Crippen LogP contribution in [0.2, 0.25) is 0 Å². The number of piperidine rings is 1. The van der Waals surface area contributed by atoms with Crippen LogP contribution in [-0.2, 0) is 10.3 Å². The number of fused-ring (bicyclic) bond motifs is 2. The van der Waals surface area contributed by atoms with Gasteiger partial charge in [0.25, 0.3) is 0 Å². The van der Waals surface area contributed by atoms with E-state index in [1.807, 2.05) is 32.4 Å². The normalized spacial score (nSPS) is 25.8. The van der Waals surface area contributed by atoms with Crippen LogP contribution in [0, 0.1) is 24.7 Å². The summed E-state index contributed by atoms with van der Waals surface area (Å²) in [6.07, 6.45) is 4.08. The molecule has 6 heteroatoms. The summed E-state index contributed by atoms with van der Waals surface area (Å²) in [7, 11) is 0. The van der Waals surface area contributed by atoms with E-state index in [0.717, 1.165) is 29.5 Å². The summed E-state index contributed by atoms with van der Waals surface area (Å²) in [5, 5.41) is 7.61. The molecule has 4 rings (SSSR count). The van der Waals surface area contributed by atoms with Crippen molar-refractivity contribution >= 4 is 23.2 Å². The van der Waals surface area contributed by atoms with Crippen LogP contribution in [0.3, 0.4) is 0 Å². The van der Waals surface area contributed by atoms with Crippen molar-refractivity contribution in [3.63, 3.8) is 0 Å². The number of rotatable bonds is 4. The van der Waals surface area contributed by atoms with Crippen LogP contribution in [0.25, 0.3) is 5.52 Å². The number of aryl methyl sites for hydroxylation is 1. The molecule has 1 amide bonds. The minimum atomic E-state index is -0.508. The predicted octanol–water partition coefficient (Wildman–Crippen LogP) is 2.18. The highest BCUT2D eigenvalue weighted by Crippen LogP contribution is 2.49. The van der Waals surface area contributed by atoms with Gasteiger partial charge in [0.2, 0.25) is 5.91 Å². The Kier molecular flexibility index (Phi) is 3.65. The van der Waals surface area contributed by atoms with E-state index in [-0.39, 0.29) is 11.8 Å². The van der Waals surface area contributed by atoms with Crippen molar-refractivity contribution in [3.8, 4) is 0 Å². The highest BCUT2D eigenvalue weighted by Gasteiger charge is 2.57. The van der Waals surface area contributed by atoms with Crippen LogP contribution in [0.15, 0.2) is 23.4 Å². The predicted molar refractivity (Wildman–Crippen MR) is 96.2 cm³/mol. The first-order valence-corrected chi connectivity index (χ1v) is 9.71.